The number of nitro groups is 1. The Balaban J connectivity index is 2.89. The van der Waals surface area contributed by atoms with Crippen molar-refractivity contribution in [2.24, 2.45) is 0 Å². The molecule has 116 valence electrons. The topological polar surface area (TPSA) is 97.2 Å². The quantitative estimate of drug-likeness (QED) is 0.619. The van der Waals surface area contributed by atoms with Gasteiger partial charge < -0.3 is 10.6 Å². The Kier molecular flexibility index (Phi) is 5.44. The van der Waals surface area contributed by atoms with Crippen LogP contribution in [0.15, 0.2) is 12.3 Å². The molecule has 0 bridgehead atoms. The van der Waals surface area contributed by atoms with Gasteiger partial charge in [0.1, 0.15) is 12.0 Å². The zero-order chi connectivity index (χ0) is 16.0. The molecule has 0 aliphatic carbocycles. The largest absolute Gasteiger partial charge is 0.390 e. The average molecular weight is 306 g/mol. The summed E-state index contributed by atoms with van der Waals surface area (Å²) in [6, 6.07) is 0.966. The van der Waals surface area contributed by atoms with Gasteiger partial charge in [0.2, 0.25) is 0 Å². The van der Waals surface area contributed by atoms with Crippen molar-refractivity contribution in [2.45, 2.75) is 19.5 Å². The smallest absolute Gasteiger partial charge is 0.370 e. The first-order valence-corrected chi connectivity index (χ1v) is 5.98. The van der Waals surface area contributed by atoms with Gasteiger partial charge in [0.05, 0.1) is 16.9 Å². The van der Waals surface area contributed by atoms with Crippen molar-refractivity contribution in [3.8, 4) is 0 Å². The molecule has 0 aliphatic heterocycles. The van der Waals surface area contributed by atoms with Gasteiger partial charge in [-0.15, -0.1) is 0 Å². The maximum absolute atomic E-state index is 12.0. The van der Waals surface area contributed by atoms with Crippen LogP contribution < -0.4 is 10.6 Å². The van der Waals surface area contributed by atoms with Gasteiger partial charge in [-0.2, -0.15) is 13.2 Å². The lowest BCUT2D eigenvalue weighted by atomic mass is 10.2. The lowest BCUT2D eigenvalue weighted by Crippen LogP contribution is -2.28. The summed E-state index contributed by atoms with van der Waals surface area (Å²) < 4.78 is 36.0. The standard InChI is InChI=1S/C11H13F3N4O3/c1-2-15-9-8(5-7(6-17-9)18(20)21)10(19)16-4-3-11(12,13)14/h5-6H,2-4H2,1H3,(H,15,17)(H,16,19). The van der Waals surface area contributed by atoms with Gasteiger partial charge in [0, 0.05) is 19.2 Å². The van der Waals surface area contributed by atoms with E-state index in [4.69, 9.17) is 0 Å². The number of amides is 1. The van der Waals surface area contributed by atoms with E-state index in [1.807, 2.05) is 0 Å². The fraction of sp³-hybridized carbons (Fsp3) is 0.455. The highest BCUT2D eigenvalue weighted by atomic mass is 19.4. The van der Waals surface area contributed by atoms with Crippen LogP contribution in [0.4, 0.5) is 24.7 Å². The number of nitrogens with one attached hydrogen (secondary N) is 2. The number of hydrogen-bond acceptors (Lipinski definition) is 5. The summed E-state index contributed by atoms with van der Waals surface area (Å²) in [7, 11) is 0. The Hall–Kier alpha value is -2.39. The van der Waals surface area contributed by atoms with E-state index in [9.17, 15) is 28.1 Å². The maximum Gasteiger partial charge on any atom is 0.390 e. The van der Waals surface area contributed by atoms with Crippen molar-refractivity contribution in [1.82, 2.24) is 10.3 Å². The van der Waals surface area contributed by atoms with Crippen LogP contribution in [-0.4, -0.2) is 35.1 Å². The summed E-state index contributed by atoms with van der Waals surface area (Å²) in [5.41, 5.74) is -0.592. The number of alkyl halides is 3. The lowest BCUT2D eigenvalue weighted by Gasteiger charge is -2.11. The first-order chi connectivity index (χ1) is 9.74. The van der Waals surface area contributed by atoms with Crippen LogP contribution in [0.2, 0.25) is 0 Å². The molecular formula is C11H13F3N4O3. The van der Waals surface area contributed by atoms with E-state index in [1.165, 1.54) is 0 Å². The van der Waals surface area contributed by atoms with Gasteiger partial charge in [-0.3, -0.25) is 14.9 Å². The van der Waals surface area contributed by atoms with E-state index < -0.39 is 35.7 Å². The number of hydrogen-bond donors (Lipinski definition) is 2. The van der Waals surface area contributed by atoms with Gasteiger partial charge in [0.25, 0.3) is 11.6 Å². The van der Waals surface area contributed by atoms with Gasteiger partial charge in [-0.1, -0.05) is 0 Å². The molecule has 21 heavy (non-hydrogen) atoms. The van der Waals surface area contributed by atoms with Crippen LogP contribution in [0.1, 0.15) is 23.7 Å². The van der Waals surface area contributed by atoms with Gasteiger partial charge in [-0.25, -0.2) is 4.98 Å². The molecule has 0 aromatic carbocycles. The van der Waals surface area contributed by atoms with Crippen molar-refractivity contribution in [2.75, 3.05) is 18.4 Å². The average Bonchev–Trinajstić information content (AvgIpc) is 2.37. The lowest BCUT2D eigenvalue weighted by molar-refractivity contribution is -0.385. The summed E-state index contributed by atoms with van der Waals surface area (Å²) in [5.74, 6) is -0.779. The molecule has 0 unspecified atom stereocenters. The van der Waals surface area contributed by atoms with Crippen molar-refractivity contribution in [3.63, 3.8) is 0 Å². The SMILES string of the molecule is CCNc1ncc([N+](=O)[O-])cc1C(=O)NCCC(F)(F)F. The summed E-state index contributed by atoms with van der Waals surface area (Å²) in [6.45, 7) is 1.50. The second-order valence-corrected chi connectivity index (χ2v) is 4.00. The van der Waals surface area contributed by atoms with Crippen LogP contribution in [-0.2, 0) is 0 Å². The third-order valence-electron chi connectivity index (χ3n) is 2.37. The second kappa shape index (κ2) is 6.86. The molecule has 1 aromatic heterocycles. The fourth-order valence-electron chi connectivity index (χ4n) is 1.45. The number of carbonyl (C=O) groups excluding carboxylic acids is 1. The number of halogens is 3. The molecule has 7 nitrogen and oxygen atoms in total. The van der Waals surface area contributed by atoms with Crippen LogP contribution in [0, 0.1) is 10.1 Å². The molecule has 0 fully saturated rings. The second-order valence-electron chi connectivity index (χ2n) is 4.00. The Morgan fingerprint density at radius 2 is 2.14 bits per heavy atom. The van der Waals surface area contributed by atoms with E-state index in [0.29, 0.717) is 6.54 Å². The van der Waals surface area contributed by atoms with Gasteiger partial charge in [0.15, 0.2) is 0 Å². The Morgan fingerprint density at radius 3 is 2.67 bits per heavy atom. The van der Waals surface area contributed by atoms with Crippen molar-refractivity contribution < 1.29 is 22.9 Å². The zero-order valence-electron chi connectivity index (χ0n) is 11.0. The highest BCUT2D eigenvalue weighted by Gasteiger charge is 2.27. The molecule has 2 N–H and O–H groups in total. The Morgan fingerprint density at radius 1 is 1.48 bits per heavy atom. The molecule has 0 saturated carbocycles. The first-order valence-electron chi connectivity index (χ1n) is 5.98. The third-order valence-corrected chi connectivity index (χ3v) is 2.37. The highest BCUT2D eigenvalue weighted by molar-refractivity contribution is 5.99. The number of pyridine rings is 1. The number of nitrogens with zero attached hydrogens (tertiary/aromatic N) is 2. The van der Waals surface area contributed by atoms with E-state index in [-0.39, 0.29) is 11.4 Å². The predicted molar refractivity (Wildman–Crippen MR) is 68.1 cm³/mol. The molecule has 1 rings (SSSR count). The molecule has 0 aliphatic rings. The fourth-order valence-corrected chi connectivity index (χ4v) is 1.45. The number of carbonyl (C=O) groups is 1. The Bertz CT molecular complexity index is 534. The molecule has 0 saturated heterocycles. The molecule has 0 spiro atoms. The Labute approximate surface area is 117 Å². The molecule has 1 amide bonds. The molecule has 0 atom stereocenters. The van der Waals surface area contributed by atoms with Crippen molar-refractivity contribution in [1.29, 1.82) is 0 Å². The molecule has 1 heterocycles. The summed E-state index contributed by atoms with van der Waals surface area (Å²) in [6.07, 6.45) is -4.61. The normalized spacial score (nSPS) is 11.0. The van der Waals surface area contributed by atoms with Gasteiger partial charge >= 0.3 is 6.18 Å². The molecule has 1 aromatic rings. The van der Waals surface area contributed by atoms with Crippen LogP contribution in [0.3, 0.4) is 0 Å². The summed E-state index contributed by atoms with van der Waals surface area (Å²) >= 11 is 0. The maximum atomic E-state index is 12.0. The predicted octanol–water partition coefficient (Wildman–Crippen LogP) is 2.10. The number of rotatable bonds is 6. The summed E-state index contributed by atoms with van der Waals surface area (Å²) in [4.78, 5) is 25.5. The summed E-state index contributed by atoms with van der Waals surface area (Å²) in [5, 5.41) is 15.4. The molecule has 0 radical (unpaired) electrons. The molecular weight excluding hydrogens is 293 g/mol. The van der Waals surface area contributed by atoms with Crippen LogP contribution >= 0.6 is 0 Å². The highest BCUT2D eigenvalue weighted by Crippen LogP contribution is 2.20. The van der Waals surface area contributed by atoms with E-state index in [2.05, 4.69) is 15.6 Å². The van der Waals surface area contributed by atoms with Crippen LogP contribution in [0.5, 0.6) is 0 Å². The van der Waals surface area contributed by atoms with Crippen molar-refractivity contribution in [3.05, 3.63) is 27.9 Å². The first kappa shape index (κ1) is 16.7. The monoisotopic (exact) mass is 306 g/mol. The van der Waals surface area contributed by atoms with Crippen molar-refractivity contribution >= 4 is 17.4 Å². The minimum Gasteiger partial charge on any atom is -0.370 e. The minimum absolute atomic E-state index is 0.0765. The minimum atomic E-state index is -4.39. The van der Waals surface area contributed by atoms with E-state index >= 15 is 0 Å². The molecule has 10 heteroatoms. The van der Waals surface area contributed by atoms with E-state index in [1.54, 1.807) is 6.92 Å². The van der Waals surface area contributed by atoms with Gasteiger partial charge in [-0.05, 0) is 6.92 Å². The number of aromatic nitrogens is 1. The number of anilines is 1. The van der Waals surface area contributed by atoms with Crippen LogP contribution in [0.25, 0.3) is 0 Å². The zero-order valence-corrected chi connectivity index (χ0v) is 11.0. The third kappa shape index (κ3) is 5.24. The van der Waals surface area contributed by atoms with E-state index in [0.717, 1.165) is 12.3 Å².